The normalized spacial score (nSPS) is 21.1. The molecule has 20 heavy (non-hydrogen) atoms. The molecule has 1 saturated heterocycles. The Morgan fingerprint density at radius 3 is 2.80 bits per heavy atom. The molecule has 0 spiro atoms. The fraction of sp³-hybridized carbons (Fsp3) is 0.500. The molecular weight excluding hydrogens is 302 g/mol. The van der Waals surface area contributed by atoms with Crippen LogP contribution in [0.4, 0.5) is 0 Å². The predicted octanol–water partition coefficient (Wildman–Crippen LogP) is -0.404. The quantitative estimate of drug-likeness (QED) is 0.594. The lowest BCUT2D eigenvalue weighted by Gasteiger charge is -2.14. The van der Waals surface area contributed by atoms with Gasteiger partial charge in [-0.3, -0.25) is 9.59 Å². The van der Waals surface area contributed by atoms with Crippen molar-refractivity contribution in [3.63, 3.8) is 0 Å². The maximum absolute atomic E-state index is 11.6. The molecular formula is C12H18ClN3O3S. The number of carbonyl (C=O) groups excluding carboxylic acids is 2. The van der Waals surface area contributed by atoms with Crippen LogP contribution in [0.2, 0.25) is 0 Å². The van der Waals surface area contributed by atoms with Gasteiger partial charge in [0, 0.05) is 25.6 Å². The van der Waals surface area contributed by atoms with Crippen LogP contribution in [0.15, 0.2) is 17.5 Å². The highest BCUT2D eigenvalue weighted by Crippen LogP contribution is 2.08. The zero-order chi connectivity index (χ0) is 13.7. The van der Waals surface area contributed by atoms with Gasteiger partial charge in [0.2, 0.25) is 5.91 Å². The average Bonchev–Trinajstić information content (AvgIpc) is 3.05. The first-order valence-electron chi connectivity index (χ1n) is 6.14. The number of hydrogen-bond donors (Lipinski definition) is 4. The molecule has 2 rings (SSSR count). The zero-order valence-corrected chi connectivity index (χ0v) is 12.4. The Bertz CT molecular complexity index is 441. The summed E-state index contributed by atoms with van der Waals surface area (Å²) in [7, 11) is 0. The lowest BCUT2D eigenvalue weighted by molar-refractivity contribution is -0.120. The molecule has 4 N–H and O–H groups in total. The van der Waals surface area contributed by atoms with Crippen LogP contribution in [0.25, 0.3) is 0 Å². The van der Waals surface area contributed by atoms with E-state index in [1.165, 1.54) is 11.3 Å². The summed E-state index contributed by atoms with van der Waals surface area (Å²) in [6.45, 7) is 1.63. The van der Waals surface area contributed by atoms with Crippen LogP contribution in [-0.4, -0.2) is 49.2 Å². The first-order chi connectivity index (χ1) is 9.16. The number of thiophene rings is 1. The molecule has 8 heteroatoms. The van der Waals surface area contributed by atoms with Gasteiger partial charge in [0.25, 0.3) is 5.91 Å². The topological polar surface area (TPSA) is 90.5 Å². The number of β-amino-alcohol motifs (C(OH)–C–C–N with tert-alkyl or cyclic N) is 1. The van der Waals surface area contributed by atoms with E-state index in [4.69, 9.17) is 0 Å². The molecule has 112 valence electrons. The maximum atomic E-state index is 11.6. The second-order valence-corrected chi connectivity index (χ2v) is 5.40. The van der Waals surface area contributed by atoms with Crippen LogP contribution < -0.4 is 16.0 Å². The van der Waals surface area contributed by atoms with Gasteiger partial charge in [0.1, 0.15) is 0 Å². The summed E-state index contributed by atoms with van der Waals surface area (Å²) >= 11 is 1.33. The molecule has 1 aliphatic heterocycles. The highest BCUT2D eigenvalue weighted by molar-refractivity contribution is 7.12. The number of nitrogens with one attached hydrogen (secondary N) is 3. The molecule has 1 fully saturated rings. The Kier molecular flexibility index (Phi) is 6.94. The van der Waals surface area contributed by atoms with Crippen molar-refractivity contribution in [3.8, 4) is 0 Å². The fourth-order valence-electron chi connectivity index (χ4n) is 1.89. The second kappa shape index (κ2) is 8.21. The summed E-state index contributed by atoms with van der Waals surface area (Å²) in [5, 5.41) is 19.7. The number of carbonyl (C=O) groups is 2. The van der Waals surface area contributed by atoms with E-state index < -0.39 is 6.10 Å². The molecule has 2 unspecified atom stereocenters. The third-order valence-corrected chi connectivity index (χ3v) is 3.89. The molecule has 0 aliphatic carbocycles. The van der Waals surface area contributed by atoms with Gasteiger partial charge in [-0.25, -0.2) is 0 Å². The molecule has 0 radical (unpaired) electrons. The van der Waals surface area contributed by atoms with Gasteiger partial charge < -0.3 is 21.1 Å². The molecule has 1 aromatic rings. The Morgan fingerprint density at radius 1 is 1.40 bits per heavy atom. The largest absolute Gasteiger partial charge is 0.391 e. The van der Waals surface area contributed by atoms with Crippen molar-refractivity contribution in [2.24, 2.45) is 5.92 Å². The standard InChI is InChI=1S/C12H17N3O3S.ClH/c16-9-6-13-4-8(9)5-14-11(17)7-15-12(18)10-2-1-3-19-10;/h1-3,8-9,13,16H,4-7H2,(H,14,17)(H,15,18);1H. The van der Waals surface area contributed by atoms with Crippen molar-refractivity contribution >= 4 is 35.6 Å². The van der Waals surface area contributed by atoms with Crippen molar-refractivity contribution < 1.29 is 14.7 Å². The van der Waals surface area contributed by atoms with Crippen molar-refractivity contribution in [2.75, 3.05) is 26.2 Å². The van der Waals surface area contributed by atoms with E-state index in [1.54, 1.807) is 12.1 Å². The number of hydrogen-bond acceptors (Lipinski definition) is 5. The Morgan fingerprint density at radius 2 is 2.20 bits per heavy atom. The van der Waals surface area contributed by atoms with E-state index >= 15 is 0 Å². The third kappa shape index (κ3) is 4.75. The highest BCUT2D eigenvalue weighted by Gasteiger charge is 2.24. The summed E-state index contributed by atoms with van der Waals surface area (Å²) in [4.78, 5) is 23.7. The van der Waals surface area contributed by atoms with Crippen molar-refractivity contribution in [1.82, 2.24) is 16.0 Å². The first-order valence-corrected chi connectivity index (χ1v) is 7.02. The van der Waals surface area contributed by atoms with Gasteiger partial charge in [0.15, 0.2) is 0 Å². The van der Waals surface area contributed by atoms with E-state index in [0.29, 0.717) is 24.5 Å². The first kappa shape index (κ1) is 16.9. The number of halogens is 1. The minimum absolute atomic E-state index is 0. The minimum atomic E-state index is -0.416. The lowest BCUT2D eigenvalue weighted by atomic mass is 10.1. The van der Waals surface area contributed by atoms with Gasteiger partial charge in [-0.1, -0.05) is 6.07 Å². The fourth-order valence-corrected chi connectivity index (χ4v) is 2.53. The van der Waals surface area contributed by atoms with Crippen LogP contribution in [0.3, 0.4) is 0 Å². The van der Waals surface area contributed by atoms with Crippen LogP contribution >= 0.6 is 23.7 Å². The lowest BCUT2D eigenvalue weighted by Crippen LogP contribution is -2.40. The number of rotatable bonds is 5. The summed E-state index contributed by atoms with van der Waals surface area (Å²) in [5.41, 5.74) is 0. The Labute approximate surface area is 127 Å². The molecule has 1 aliphatic rings. The molecule has 2 amide bonds. The van der Waals surface area contributed by atoms with Crippen molar-refractivity contribution in [3.05, 3.63) is 22.4 Å². The molecule has 2 heterocycles. The molecule has 0 bridgehead atoms. The van der Waals surface area contributed by atoms with Gasteiger partial charge in [-0.05, 0) is 11.4 Å². The molecule has 0 saturated carbocycles. The van der Waals surface area contributed by atoms with Crippen molar-refractivity contribution in [1.29, 1.82) is 0 Å². The summed E-state index contributed by atoms with van der Waals surface area (Å²) < 4.78 is 0. The zero-order valence-electron chi connectivity index (χ0n) is 10.8. The van der Waals surface area contributed by atoms with Crippen molar-refractivity contribution in [2.45, 2.75) is 6.10 Å². The van der Waals surface area contributed by atoms with Crippen LogP contribution in [0, 0.1) is 5.92 Å². The maximum Gasteiger partial charge on any atom is 0.261 e. The van der Waals surface area contributed by atoms with E-state index in [0.717, 1.165) is 0 Å². The van der Waals surface area contributed by atoms with Gasteiger partial charge in [-0.2, -0.15) is 0 Å². The van der Waals surface area contributed by atoms with Crippen LogP contribution in [0.1, 0.15) is 9.67 Å². The smallest absolute Gasteiger partial charge is 0.261 e. The molecule has 2 atom stereocenters. The Hall–Kier alpha value is -1.15. The van der Waals surface area contributed by atoms with Gasteiger partial charge in [0.05, 0.1) is 17.5 Å². The molecule has 6 nitrogen and oxygen atoms in total. The Balaban J connectivity index is 0.00000200. The van der Waals surface area contributed by atoms with E-state index in [2.05, 4.69) is 16.0 Å². The summed E-state index contributed by atoms with van der Waals surface area (Å²) in [6, 6.07) is 3.49. The average molecular weight is 320 g/mol. The highest BCUT2D eigenvalue weighted by atomic mass is 35.5. The second-order valence-electron chi connectivity index (χ2n) is 4.45. The summed E-state index contributed by atoms with van der Waals surface area (Å²) in [6.07, 6.45) is -0.416. The third-order valence-electron chi connectivity index (χ3n) is 3.02. The van der Waals surface area contributed by atoms with E-state index in [9.17, 15) is 14.7 Å². The molecule has 1 aromatic heterocycles. The number of aliphatic hydroxyl groups is 1. The van der Waals surface area contributed by atoms with Gasteiger partial charge in [-0.15, -0.1) is 23.7 Å². The predicted molar refractivity (Wildman–Crippen MR) is 79.3 cm³/mol. The number of aliphatic hydroxyl groups excluding tert-OH is 1. The van der Waals surface area contributed by atoms with Gasteiger partial charge >= 0.3 is 0 Å². The van der Waals surface area contributed by atoms with Crippen LogP contribution in [-0.2, 0) is 4.79 Å². The number of amides is 2. The monoisotopic (exact) mass is 319 g/mol. The minimum Gasteiger partial charge on any atom is -0.391 e. The SMILES string of the molecule is Cl.O=C(CNC(=O)c1cccs1)NCC1CNCC1O. The van der Waals surface area contributed by atoms with E-state index in [-0.39, 0.29) is 36.7 Å². The molecule has 0 aromatic carbocycles. The van der Waals surface area contributed by atoms with E-state index in [1.807, 2.05) is 5.38 Å². The summed E-state index contributed by atoms with van der Waals surface area (Å²) in [5.74, 6) is -0.450. The van der Waals surface area contributed by atoms with Crippen LogP contribution in [0.5, 0.6) is 0 Å².